The summed E-state index contributed by atoms with van der Waals surface area (Å²) in [6.45, 7) is 0. The molecule has 3 heterocycles. The van der Waals surface area contributed by atoms with Crippen LogP contribution in [-0.4, -0.2) is 13.7 Å². The first-order valence-electron chi connectivity index (χ1n) is 18.9. The molecule has 3 aromatic heterocycles. The number of hydrogen-bond donors (Lipinski definition) is 0. The molecule has 55 heavy (non-hydrogen) atoms. The smallest absolute Gasteiger partial charge is 0.0547 e. The summed E-state index contributed by atoms with van der Waals surface area (Å²) in [4.78, 5) is 0. The van der Waals surface area contributed by atoms with Crippen molar-refractivity contribution in [2.24, 2.45) is 0 Å². The van der Waals surface area contributed by atoms with Gasteiger partial charge in [0.2, 0.25) is 0 Å². The molecule has 0 bridgehead atoms. The lowest BCUT2D eigenvalue weighted by molar-refractivity contribution is 1.17. The Kier molecular flexibility index (Phi) is 6.34. The molecule has 0 atom stereocenters. The largest absolute Gasteiger partial charge is 0.309 e. The molecule has 9 aromatic carbocycles. The molecular formula is C52H33N3. The summed E-state index contributed by atoms with van der Waals surface area (Å²) < 4.78 is 7.27. The van der Waals surface area contributed by atoms with Crippen molar-refractivity contribution >= 4 is 76.2 Å². The molecule has 0 N–H and O–H groups in total. The van der Waals surface area contributed by atoms with Crippen molar-refractivity contribution in [2.45, 2.75) is 0 Å². The van der Waals surface area contributed by atoms with Gasteiger partial charge in [0.15, 0.2) is 0 Å². The number of nitrogens with zero attached hydrogens (tertiary/aromatic N) is 3. The first-order valence-corrected chi connectivity index (χ1v) is 18.9. The van der Waals surface area contributed by atoms with Gasteiger partial charge < -0.3 is 13.7 Å². The maximum absolute atomic E-state index is 2.45. The Morgan fingerprint density at radius 1 is 0.236 bits per heavy atom. The number of fused-ring (bicyclic) bond motifs is 10. The Bertz CT molecular complexity index is 3480. The van der Waals surface area contributed by atoms with Crippen LogP contribution in [0.1, 0.15) is 0 Å². The molecule has 0 radical (unpaired) electrons. The molecule has 0 fully saturated rings. The molecule has 0 amide bonds. The zero-order valence-electron chi connectivity index (χ0n) is 29.9. The quantitative estimate of drug-likeness (QED) is 0.174. The van der Waals surface area contributed by atoms with Crippen LogP contribution in [0.25, 0.3) is 104 Å². The van der Waals surface area contributed by atoms with Gasteiger partial charge in [0, 0.05) is 49.1 Å². The van der Waals surface area contributed by atoms with Crippen molar-refractivity contribution in [2.75, 3.05) is 0 Å². The van der Waals surface area contributed by atoms with Crippen molar-refractivity contribution in [3.8, 4) is 28.2 Å². The van der Waals surface area contributed by atoms with Crippen molar-refractivity contribution in [1.82, 2.24) is 13.7 Å². The highest BCUT2D eigenvalue weighted by molar-refractivity contribution is 6.14. The van der Waals surface area contributed by atoms with Gasteiger partial charge in [-0.3, -0.25) is 0 Å². The average Bonchev–Trinajstić information content (AvgIpc) is 3.88. The summed E-state index contributed by atoms with van der Waals surface area (Å²) in [6.07, 6.45) is 0. The molecule has 256 valence electrons. The number of hydrogen-bond acceptors (Lipinski definition) is 0. The van der Waals surface area contributed by atoms with E-state index < -0.39 is 0 Å². The first kappa shape index (κ1) is 30.1. The highest BCUT2D eigenvalue weighted by Crippen LogP contribution is 2.40. The standard InChI is InChI=1S/C52H33N3/c1-2-15-37(16-3-1)53-48-22-10-7-20-42(48)45-33-38(27-30-50(45)53)54-47-21-9-6-18-40(47)43-28-25-36(32-52(43)54)35-26-29-51-44(31-35)41-19-8-11-23-49(41)55(51)46-24-12-14-34-13-4-5-17-39(34)46/h1-33H. The zero-order chi connectivity index (χ0) is 36.0. The highest BCUT2D eigenvalue weighted by atomic mass is 15.0. The second-order valence-electron chi connectivity index (χ2n) is 14.6. The minimum atomic E-state index is 1.15. The fraction of sp³-hybridized carbons (Fsp3) is 0. The van der Waals surface area contributed by atoms with E-state index in [4.69, 9.17) is 0 Å². The number of benzene rings is 9. The van der Waals surface area contributed by atoms with Crippen LogP contribution in [0.2, 0.25) is 0 Å². The third-order valence-electron chi connectivity index (χ3n) is 11.6. The van der Waals surface area contributed by atoms with E-state index in [9.17, 15) is 0 Å². The Balaban J connectivity index is 1.07. The predicted octanol–water partition coefficient (Wildman–Crippen LogP) is 13.8. The van der Waals surface area contributed by atoms with Gasteiger partial charge in [0.25, 0.3) is 0 Å². The SMILES string of the molecule is c1ccc(-n2c3ccccc3c3cc(-n4c5ccccc5c5ccc(-c6ccc7c(c6)c6ccccc6n7-c6cccc7ccccc67)cc54)ccc32)cc1. The van der Waals surface area contributed by atoms with E-state index in [1.165, 1.54) is 98.7 Å². The summed E-state index contributed by atoms with van der Waals surface area (Å²) in [6, 6.07) is 73.3. The maximum atomic E-state index is 2.45. The average molecular weight is 700 g/mol. The Hall–Kier alpha value is -7.36. The second kappa shape index (κ2) is 11.6. The zero-order valence-corrected chi connectivity index (χ0v) is 29.9. The van der Waals surface area contributed by atoms with Crippen LogP contribution >= 0.6 is 0 Å². The van der Waals surface area contributed by atoms with Crippen molar-refractivity contribution in [3.05, 3.63) is 200 Å². The van der Waals surface area contributed by atoms with E-state index in [1.807, 2.05) is 0 Å². The number of aromatic nitrogens is 3. The monoisotopic (exact) mass is 699 g/mol. The fourth-order valence-electron chi connectivity index (χ4n) is 9.20. The van der Waals surface area contributed by atoms with Gasteiger partial charge in [-0.15, -0.1) is 0 Å². The molecule has 12 aromatic rings. The maximum Gasteiger partial charge on any atom is 0.0547 e. The summed E-state index contributed by atoms with van der Waals surface area (Å²) >= 11 is 0. The Labute approximate surface area is 317 Å². The van der Waals surface area contributed by atoms with E-state index in [0.717, 1.165) is 5.69 Å². The normalized spacial score (nSPS) is 12.0. The Morgan fingerprint density at radius 3 is 1.49 bits per heavy atom. The van der Waals surface area contributed by atoms with Gasteiger partial charge in [0.05, 0.1) is 38.8 Å². The van der Waals surface area contributed by atoms with Crippen molar-refractivity contribution in [1.29, 1.82) is 0 Å². The third-order valence-corrected chi connectivity index (χ3v) is 11.6. The summed E-state index contributed by atoms with van der Waals surface area (Å²) in [5.41, 5.74) is 13.2. The fourth-order valence-corrected chi connectivity index (χ4v) is 9.20. The second-order valence-corrected chi connectivity index (χ2v) is 14.6. The van der Waals surface area contributed by atoms with Crippen molar-refractivity contribution in [3.63, 3.8) is 0 Å². The van der Waals surface area contributed by atoms with Crippen LogP contribution in [0.3, 0.4) is 0 Å². The molecule has 0 unspecified atom stereocenters. The van der Waals surface area contributed by atoms with Crippen LogP contribution in [0.4, 0.5) is 0 Å². The molecule has 0 aliphatic heterocycles. The third kappa shape index (κ3) is 4.38. The molecule has 0 aliphatic rings. The van der Waals surface area contributed by atoms with Gasteiger partial charge in [-0.05, 0) is 89.3 Å². The minimum absolute atomic E-state index is 1.15. The predicted molar refractivity (Wildman–Crippen MR) is 232 cm³/mol. The molecule has 0 saturated carbocycles. The molecule has 12 rings (SSSR count). The molecule has 0 saturated heterocycles. The van der Waals surface area contributed by atoms with E-state index in [2.05, 4.69) is 214 Å². The Morgan fingerprint density at radius 2 is 0.727 bits per heavy atom. The topological polar surface area (TPSA) is 14.8 Å². The van der Waals surface area contributed by atoms with Crippen LogP contribution in [-0.2, 0) is 0 Å². The van der Waals surface area contributed by atoms with Crippen molar-refractivity contribution < 1.29 is 0 Å². The summed E-state index contributed by atoms with van der Waals surface area (Å²) in [5, 5.41) is 9.99. The van der Waals surface area contributed by atoms with E-state index in [1.54, 1.807) is 0 Å². The molecule has 0 aliphatic carbocycles. The van der Waals surface area contributed by atoms with Gasteiger partial charge in [0.1, 0.15) is 0 Å². The first-order chi connectivity index (χ1) is 27.3. The lowest BCUT2D eigenvalue weighted by Gasteiger charge is -2.12. The van der Waals surface area contributed by atoms with Crippen LogP contribution in [0, 0.1) is 0 Å². The van der Waals surface area contributed by atoms with Crippen LogP contribution < -0.4 is 0 Å². The van der Waals surface area contributed by atoms with Crippen LogP contribution in [0.15, 0.2) is 200 Å². The highest BCUT2D eigenvalue weighted by Gasteiger charge is 2.19. The van der Waals surface area contributed by atoms with Gasteiger partial charge in [-0.1, -0.05) is 127 Å². The summed E-state index contributed by atoms with van der Waals surface area (Å²) in [7, 11) is 0. The summed E-state index contributed by atoms with van der Waals surface area (Å²) in [5.74, 6) is 0. The van der Waals surface area contributed by atoms with Gasteiger partial charge in [-0.2, -0.15) is 0 Å². The molecule has 3 nitrogen and oxygen atoms in total. The molecular weight excluding hydrogens is 667 g/mol. The molecule has 3 heteroatoms. The van der Waals surface area contributed by atoms with E-state index in [-0.39, 0.29) is 0 Å². The van der Waals surface area contributed by atoms with E-state index in [0.29, 0.717) is 0 Å². The number of rotatable bonds is 4. The van der Waals surface area contributed by atoms with Crippen LogP contribution in [0.5, 0.6) is 0 Å². The molecule has 0 spiro atoms. The van der Waals surface area contributed by atoms with Gasteiger partial charge >= 0.3 is 0 Å². The minimum Gasteiger partial charge on any atom is -0.309 e. The number of para-hydroxylation sites is 4. The lowest BCUT2D eigenvalue weighted by atomic mass is 10.0. The van der Waals surface area contributed by atoms with E-state index >= 15 is 0 Å². The lowest BCUT2D eigenvalue weighted by Crippen LogP contribution is -1.96. The van der Waals surface area contributed by atoms with Gasteiger partial charge in [-0.25, -0.2) is 0 Å².